The van der Waals surface area contributed by atoms with E-state index in [0.717, 1.165) is 11.1 Å². The highest BCUT2D eigenvalue weighted by Crippen LogP contribution is 2.43. The highest BCUT2D eigenvalue weighted by Gasteiger charge is 2.44. The van der Waals surface area contributed by atoms with Gasteiger partial charge >= 0.3 is 18.4 Å². The number of rotatable bonds is 7. The van der Waals surface area contributed by atoms with E-state index in [1.807, 2.05) is 27.7 Å². The van der Waals surface area contributed by atoms with Crippen LogP contribution in [0.5, 0.6) is 5.75 Å². The normalized spacial score (nSPS) is 21.7. The SMILES string of the molecule is COc1cc(F)c(C(C)C)cc1C1=C(CN2C(=O)O[C@H](c3cc(C(F)(F)F)cc(C(F)(F)F)c3)[C@@H]2C)C(C(C)C)NCC1. The van der Waals surface area contributed by atoms with Crippen LogP contribution < -0.4 is 10.1 Å². The van der Waals surface area contributed by atoms with Crippen LogP contribution in [-0.2, 0) is 17.1 Å². The van der Waals surface area contributed by atoms with Gasteiger partial charge in [-0.1, -0.05) is 27.7 Å². The second-order valence-corrected chi connectivity index (χ2v) is 11.7. The van der Waals surface area contributed by atoms with Crippen LogP contribution in [0.1, 0.15) is 80.9 Å². The summed E-state index contributed by atoms with van der Waals surface area (Å²) < 4.78 is 107. The Morgan fingerprint density at radius 2 is 1.60 bits per heavy atom. The van der Waals surface area contributed by atoms with E-state index in [-0.39, 0.29) is 30.5 Å². The molecule has 2 aromatic carbocycles. The number of carbonyl (C=O) groups excluding carboxylic acids is 1. The predicted molar refractivity (Wildman–Crippen MR) is 147 cm³/mol. The Kier molecular flexibility index (Phi) is 9.12. The molecular weight excluding hydrogens is 581 g/mol. The fraction of sp³-hybridized carbons (Fsp3) is 0.516. The molecule has 2 aromatic rings. The molecule has 1 amide bonds. The maximum atomic E-state index is 14.9. The standard InChI is InChI=1S/C31H35F7N2O3/c1-15(2)22-12-23(26(42-6)13-25(22)32)21-7-8-39-27(16(3)4)24(21)14-40-17(5)28(43-29(40)41)18-9-19(30(33,34)35)11-20(10-18)31(36,37)38/h9-13,15-17,27-28,39H,7-8,14H2,1-6H3/t17-,27?,28-/m0/s1. The lowest BCUT2D eigenvalue weighted by Gasteiger charge is -2.36. The number of nitrogens with zero attached hydrogens (tertiary/aromatic N) is 1. The topological polar surface area (TPSA) is 50.8 Å². The van der Waals surface area contributed by atoms with Gasteiger partial charge in [0.1, 0.15) is 17.7 Å². The average Bonchev–Trinajstić information content (AvgIpc) is 3.20. The van der Waals surface area contributed by atoms with Crippen molar-refractivity contribution in [3.63, 3.8) is 0 Å². The lowest BCUT2D eigenvalue weighted by Crippen LogP contribution is -2.45. The largest absolute Gasteiger partial charge is 0.496 e. The molecule has 0 bridgehead atoms. The van der Waals surface area contributed by atoms with Crippen molar-refractivity contribution in [2.75, 3.05) is 20.2 Å². The number of cyclic esters (lactones) is 1. The Hall–Kier alpha value is -3.28. The summed E-state index contributed by atoms with van der Waals surface area (Å²) in [6, 6.07) is 3.17. The number of hydrogen-bond donors (Lipinski definition) is 1. The quantitative estimate of drug-likeness (QED) is 0.318. The molecule has 0 aromatic heterocycles. The van der Waals surface area contributed by atoms with Gasteiger partial charge in [-0.15, -0.1) is 0 Å². The van der Waals surface area contributed by atoms with E-state index in [9.17, 15) is 35.5 Å². The van der Waals surface area contributed by atoms with Gasteiger partial charge in [0.2, 0.25) is 0 Å². The number of benzene rings is 2. The Bertz CT molecular complexity index is 1370. The lowest BCUT2D eigenvalue weighted by molar-refractivity contribution is -0.143. The summed E-state index contributed by atoms with van der Waals surface area (Å²) in [7, 11) is 1.43. The highest BCUT2D eigenvalue weighted by molar-refractivity contribution is 5.78. The zero-order chi connectivity index (χ0) is 32.0. The number of carbonyl (C=O) groups is 1. The first-order valence-electron chi connectivity index (χ1n) is 14.0. The molecule has 1 N–H and O–H groups in total. The number of nitrogens with one attached hydrogen (secondary N) is 1. The van der Waals surface area contributed by atoms with Crippen molar-refractivity contribution in [2.45, 2.75) is 77.5 Å². The second kappa shape index (κ2) is 12.0. The smallest absolute Gasteiger partial charge is 0.416 e. The van der Waals surface area contributed by atoms with Gasteiger partial charge in [0.25, 0.3) is 0 Å². The Balaban J connectivity index is 1.80. The first kappa shape index (κ1) is 32.6. The lowest BCUT2D eigenvalue weighted by atomic mass is 9.83. The first-order valence-corrected chi connectivity index (χ1v) is 14.0. The zero-order valence-electron chi connectivity index (χ0n) is 24.7. The minimum absolute atomic E-state index is 0.00961. The van der Waals surface area contributed by atoms with E-state index in [1.165, 1.54) is 25.0 Å². The monoisotopic (exact) mass is 616 g/mol. The molecule has 3 atom stereocenters. The third-order valence-corrected chi connectivity index (χ3v) is 8.11. The van der Waals surface area contributed by atoms with Gasteiger partial charge in [-0.3, -0.25) is 4.90 Å². The molecule has 0 aliphatic carbocycles. The maximum absolute atomic E-state index is 14.9. The Morgan fingerprint density at radius 1 is 1.00 bits per heavy atom. The molecule has 2 aliphatic heterocycles. The molecule has 5 nitrogen and oxygen atoms in total. The van der Waals surface area contributed by atoms with E-state index in [0.29, 0.717) is 42.0 Å². The summed E-state index contributed by atoms with van der Waals surface area (Å²) in [6.45, 7) is 9.80. The van der Waals surface area contributed by atoms with Crippen molar-refractivity contribution in [1.82, 2.24) is 10.2 Å². The molecule has 0 radical (unpaired) electrons. The molecule has 2 aliphatic rings. The molecule has 0 spiro atoms. The molecule has 4 rings (SSSR count). The van der Waals surface area contributed by atoms with Gasteiger partial charge in [0, 0.05) is 24.2 Å². The van der Waals surface area contributed by atoms with E-state index < -0.39 is 53.1 Å². The Morgan fingerprint density at radius 3 is 2.12 bits per heavy atom. The Labute approximate surface area is 246 Å². The van der Waals surface area contributed by atoms with Crippen LogP contribution in [0.2, 0.25) is 0 Å². The third-order valence-electron chi connectivity index (χ3n) is 8.11. The molecule has 12 heteroatoms. The predicted octanol–water partition coefficient (Wildman–Crippen LogP) is 8.35. The van der Waals surface area contributed by atoms with Gasteiger partial charge in [-0.25, -0.2) is 9.18 Å². The minimum Gasteiger partial charge on any atom is -0.496 e. The number of hydrogen-bond acceptors (Lipinski definition) is 4. The summed E-state index contributed by atoms with van der Waals surface area (Å²) in [4.78, 5) is 14.5. The van der Waals surface area contributed by atoms with Crippen LogP contribution in [0.4, 0.5) is 35.5 Å². The fourth-order valence-electron chi connectivity index (χ4n) is 5.87. The van der Waals surface area contributed by atoms with Crippen molar-refractivity contribution in [3.05, 3.63) is 69.5 Å². The summed E-state index contributed by atoms with van der Waals surface area (Å²) in [5, 5.41) is 3.45. The van der Waals surface area contributed by atoms with Crippen LogP contribution in [0.25, 0.3) is 5.57 Å². The molecule has 2 heterocycles. The van der Waals surface area contributed by atoms with Gasteiger partial charge in [-0.05, 0) is 78.3 Å². The number of alkyl halides is 6. The number of amides is 1. The summed E-state index contributed by atoms with van der Waals surface area (Å²) in [5.41, 5.74) is -0.595. The van der Waals surface area contributed by atoms with Gasteiger partial charge in [-0.2, -0.15) is 26.3 Å². The summed E-state index contributed by atoms with van der Waals surface area (Å²) in [5.74, 6) is -0.174. The van der Waals surface area contributed by atoms with Crippen molar-refractivity contribution in [2.24, 2.45) is 5.92 Å². The van der Waals surface area contributed by atoms with Crippen LogP contribution >= 0.6 is 0 Å². The first-order chi connectivity index (χ1) is 19.9. The fourth-order valence-corrected chi connectivity index (χ4v) is 5.87. The minimum atomic E-state index is -5.04. The van der Waals surface area contributed by atoms with E-state index in [4.69, 9.17) is 9.47 Å². The van der Waals surface area contributed by atoms with Crippen molar-refractivity contribution in [1.29, 1.82) is 0 Å². The van der Waals surface area contributed by atoms with E-state index in [2.05, 4.69) is 5.32 Å². The second-order valence-electron chi connectivity index (χ2n) is 11.7. The molecule has 0 saturated carbocycles. The van der Waals surface area contributed by atoms with E-state index >= 15 is 0 Å². The van der Waals surface area contributed by atoms with Crippen molar-refractivity contribution >= 4 is 11.7 Å². The average molecular weight is 617 g/mol. The molecule has 1 fully saturated rings. The van der Waals surface area contributed by atoms with Crippen LogP contribution in [-0.4, -0.2) is 43.3 Å². The molecular formula is C31H35F7N2O3. The van der Waals surface area contributed by atoms with E-state index in [1.54, 1.807) is 6.07 Å². The molecule has 236 valence electrons. The van der Waals surface area contributed by atoms with Gasteiger partial charge in [0.05, 0.1) is 24.3 Å². The number of halogens is 7. The molecule has 1 saturated heterocycles. The van der Waals surface area contributed by atoms with Gasteiger partial charge in [0.15, 0.2) is 0 Å². The maximum Gasteiger partial charge on any atom is 0.416 e. The summed E-state index contributed by atoms with van der Waals surface area (Å²) >= 11 is 0. The number of ether oxygens (including phenoxy) is 2. The van der Waals surface area contributed by atoms with Crippen LogP contribution in [0.15, 0.2) is 35.9 Å². The molecule has 1 unspecified atom stereocenters. The zero-order valence-corrected chi connectivity index (χ0v) is 24.7. The number of methoxy groups -OCH3 is 1. The third kappa shape index (κ3) is 6.63. The van der Waals surface area contributed by atoms with Gasteiger partial charge < -0.3 is 14.8 Å². The highest BCUT2D eigenvalue weighted by atomic mass is 19.4. The van der Waals surface area contributed by atoms with Crippen LogP contribution in [0.3, 0.4) is 0 Å². The van der Waals surface area contributed by atoms with Crippen molar-refractivity contribution in [3.8, 4) is 5.75 Å². The van der Waals surface area contributed by atoms with Crippen LogP contribution in [0, 0.1) is 11.7 Å². The van der Waals surface area contributed by atoms with Crippen molar-refractivity contribution < 1.29 is 45.0 Å². The summed E-state index contributed by atoms with van der Waals surface area (Å²) in [6.07, 6.45) is -11.8. The molecule has 43 heavy (non-hydrogen) atoms.